The molecule has 0 aromatic carbocycles. The van der Waals surface area contributed by atoms with Crippen molar-refractivity contribution < 1.29 is 28.6 Å². The molecule has 2 amide bonds. The van der Waals surface area contributed by atoms with Gasteiger partial charge in [0, 0.05) is 25.5 Å². The van der Waals surface area contributed by atoms with E-state index in [4.69, 9.17) is 14.2 Å². The first kappa shape index (κ1) is 25.4. The van der Waals surface area contributed by atoms with Crippen molar-refractivity contribution >= 4 is 17.8 Å². The van der Waals surface area contributed by atoms with Crippen LogP contribution in [0.15, 0.2) is 0 Å². The van der Waals surface area contributed by atoms with E-state index < -0.39 is 30.1 Å². The summed E-state index contributed by atoms with van der Waals surface area (Å²) in [6, 6.07) is -1.35. The van der Waals surface area contributed by atoms with Crippen molar-refractivity contribution in [3.05, 3.63) is 0 Å². The second kappa shape index (κ2) is 10.9. The minimum atomic E-state index is -0.698. The van der Waals surface area contributed by atoms with Gasteiger partial charge in [0.05, 0.1) is 18.7 Å². The maximum Gasteiger partial charge on any atom is 0.411 e. The van der Waals surface area contributed by atoms with Crippen molar-refractivity contribution in [3.8, 4) is 0 Å². The number of Topliss-reactive ketones (excluding diaryl/α,β-unsaturated/α-hetero) is 1. The quantitative estimate of drug-likeness (QED) is 0.583. The highest BCUT2D eigenvalue weighted by molar-refractivity contribution is 5.86. The van der Waals surface area contributed by atoms with Gasteiger partial charge in [-0.2, -0.15) is 0 Å². The first-order valence-electron chi connectivity index (χ1n) is 10.4. The summed E-state index contributed by atoms with van der Waals surface area (Å²) in [6.07, 6.45) is 0.111. The number of nitrogens with zero attached hydrogens (tertiary/aromatic N) is 1. The molecule has 0 aromatic heterocycles. The maximum absolute atomic E-state index is 13.1. The van der Waals surface area contributed by atoms with E-state index in [0.717, 1.165) is 0 Å². The first-order valence-corrected chi connectivity index (χ1v) is 10.4. The average Bonchev–Trinajstić information content (AvgIpc) is 2.96. The van der Waals surface area contributed by atoms with Crippen LogP contribution in [0.2, 0.25) is 0 Å². The molecule has 1 rings (SSSR count). The largest absolute Gasteiger partial charge is 0.444 e. The lowest BCUT2D eigenvalue weighted by molar-refractivity contribution is -0.137. The van der Waals surface area contributed by atoms with E-state index in [1.807, 2.05) is 20.8 Å². The van der Waals surface area contributed by atoms with Gasteiger partial charge in [0.25, 0.3) is 0 Å². The van der Waals surface area contributed by atoms with Gasteiger partial charge < -0.3 is 19.5 Å². The summed E-state index contributed by atoms with van der Waals surface area (Å²) >= 11 is 0. The van der Waals surface area contributed by atoms with Gasteiger partial charge in [-0.25, -0.2) is 4.79 Å². The Bertz CT molecular complexity index is 574. The molecule has 5 atom stereocenters. The van der Waals surface area contributed by atoms with Crippen LogP contribution >= 0.6 is 0 Å². The third-order valence-corrected chi connectivity index (χ3v) is 4.93. The van der Waals surface area contributed by atoms with E-state index in [9.17, 15) is 14.4 Å². The van der Waals surface area contributed by atoms with Crippen molar-refractivity contribution in [1.29, 1.82) is 0 Å². The number of hydrogen-bond acceptors (Lipinski definition) is 6. The van der Waals surface area contributed by atoms with E-state index >= 15 is 0 Å². The maximum atomic E-state index is 13.1. The minimum absolute atomic E-state index is 0.112. The average molecular weight is 415 g/mol. The summed E-state index contributed by atoms with van der Waals surface area (Å²) in [6.45, 7) is 14.8. The lowest BCUT2D eigenvalue weighted by atomic mass is 9.92. The van der Waals surface area contributed by atoms with Crippen LogP contribution in [0.5, 0.6) is 0 Å². The normalized spacial score (nSPS) is 24.1. The zero-order valence-corrected chi connectivity index (χ0v) is 19.1. The molecule has 0 aromatic rings. The molecule has 0 aliphatic carbocycles. The summed E-state index contributed by atoms with van der Waals surface area (Å²) in [5.41, 5.74) is -0.698. The van der Waals surface area contributed by atoms with Gasteiger partial charge in [0.15, 0.2) is 12.1 Å². The molecule has 1 aliphatic heterocycles. The van der Waals surface area contributed by atoms with Gasteiger partial charge >= 0.3 is 6.09 Å². The topological polar surface area (TPSA) is 94.2 Å². The van der Waals surface area contributed by atoms with Gasteiger partial charge in [0.1, 0.15) is 5.60 Å². The second-order valence-corrected chi connectivity index (χ2v) is 8.57. The molecule has 168 valence electrons. The smallest absolute Gasteiger partial charge is 0.411 e. The van der Waals surface area contributed by atoms with Crippen LogP contribution < -0.4 is 5.32 Å². The van der Waals surface area contributed by atoms with Crippen LogP contribution in [0.4, 0.5) is 4.79 Å². The fourth-order valence-electron chi connectivity index (χ4n) is 3.82. The molecule has 5 unspecified atom stereocenters. The Morgan fingerprint density at radius 2 is 1.76 bits per heavy atom. The molecule has 0 saturated carbocycles. The van der Waals surface area contributed by atoms with E-state index in [1.165, 1.54) is 18.7 Å². The third-order valence-electron chi connectivity index (χ3n) is 4.93. The lowest BCUT2D eigenvalue weighted by Gasteiger charge is -2.37. The van der Waals surface area contributed by atoms with Crippen molar-refractivity contribution in [2.75, 3.05) is 13.2 Å². The van der Waals surface area contributed by atoms with Crippen molar-refractivity contribution in [2.45, 2.75) is 98.2 Å². The van der Waals surface area contributed by atoms with Crippen molar-refractivity contribution in [2.24, 2.45) is 5.92 Å². The molecule has 0 radical (unpaired) electrons. The highest BCUT2D eigenvalue weighted by atomic mass is 16.7. The predicted octanol–water partition coefficient (Wildman–Crippen LogP) is 2.88. The summed E-state index contributed by atoms with van der Waals surface area (Å²) in [5, 5.41) is 2.93. The zero-order valence-electron chi connectivity index (χ0n) is 19.1. The van der Waals surface area contributed by atoms with Crippen LogP contribution in [0.1, 0.15) is 68.2 Å². The van der Waals surface area contributed by atoms with Crippen molar-refractivity contribution in [1.82, 2.24) is 10.2 Å². The Morgan fingerprint density at radius 3 is 2.21 bits per heavy atom. The zero-order chi connectivity index (χ0) is 22.4. The standard InChI is InChI=1S/C21H38N2O6/c1-9-17(22-14(4)25)19-16(12-28-15(5)27-10-2)11-18(13(3)24)23(19)20(26)29-21(6,7)8/h15-19H,9-12H2,1-8H3,(H,22,25). The van der Waals surface area contributed by atoms with Crippen molar-refractivity contribution in [3.63, 3.8) is 0 Å². The van der Waals surface area contributed by atoms with Gasteiger partial charge in [0.2, 0.25) is 5.91 Å². The molecule has 1 N–H and O–H groups in total. The number of carbonyl (C=O) groups excluding carboxylic acids is 3. The number of nitrogens with one attached hydrogen (secondary N) is 1. The molecule has 1 heterocycles. The summed E-state index contributed by atoms with van der Waals surface area (Å²) in [4.78, 5) is 38.7. The summed E-state index contributed by atoms with van der Waals surface area (Å²) in [7, 11) is 0. The lowest BCUT2D eigenvalue weighted by Crippen LogP contribution is -2.56. The SMILES string of the molecule is CCOC(C)OCC1CC(C(C)=O)N(C(=O)OC(C)(C)C)C1C(CC)NC(C)=O. The first-order chi connectivity index (χ1) is 13.4. The van der Waals surface area contributed by atoms with E-state index in [0.29, 0.717) is 26.1 Å². The van der Waals surface area contributed by atoms with Gasteiger partial charge in [-0.1, -0.05) is 6.92 Å². The fraction of sp³-hybridized carbons (Fsp3) is 0.857. The van der Waals surface area contributed by atoms with E-state index in [-0.39, 0.29) is 23.7 Å². The Labute approximate surface area is 174 Å². The fourth-order valence-corrected chi connectivity index (χ4v) is 3.82. The van der Waals surface area contributed by atoms with Crippen LogP contribution in [0, 0.1) is 5.92 Å². The summed E-state index contributed by atoms with van der Waals surface area (Å²) < 4.78 is 16.9. The number of likely N-dealkylation sites (tertiary alicyclic amines) is 1. The molecule has 8 nitrogen and oxygen atoms in total. The number of amides is 2. The number of ether oxygens (including phenoxy) is 3. The molecule has 1 aliphatic rings. The molecule has 1 saturated heterocycles. The molecule has 0 spiro atoms. The Kier molecular flexibility index (Phi) is 9.55. The molecular formula is C21H38N2O6. The predicted molar refractivity (Wildman–Crippen MR) is 109 cm³/mol. The Morgan fingerprint density at radius 1 is 1.14 bits per heavy atom. The molecule has 8 heteroatoms. The Hall–Kier alpha value is -1.67. The van der Waals surface area contributed by atoms with Crippen LogP contribution in [0.3, 0.4) is 0 Å². The van der Waals surface area contributed by atoms with Gasteiger partial charge in [-0.05, 0) is 54.4 Å². The monoisotopic (exact) mass is 414 g/mol. The molecular weight excluding hydrogens is 376 g/mol. The third kappa shape index (κ3) is 7.59. The number of rotatable bonds is 9. The van der Waals surface area contributed by atoms with Gasteiger partial charge in [-0.15, -0.1) is 0 Å². The molecule has 29 heavy (non-hydrogen) atoms. The highest BCUT2D eigenvalue weighted by Crippen LogP contribution is 2.35. The summed E-state index contributed by atoms with van der Waals surface area (Å²) in [5.74, 6) is -0.440. The van der Waals surface area contributed by atoms with Crippen LogP contribution in [-0.4, -0.2) is 65.9 Å². The van der Waals surface area contributed by atoms with Crippen LogP contribution in [0.25, 0.3) is 0 Å². The number of ketones is 1. The highest BCUT2D eigenvalue weighted by Gasteiger charge is 2.50. The Balaban J connectivity index is 3.23. The molecule has 1 fully saturated rings. The number of hydrogen-bond donors (Lipinski definition) is 1. The van der Waals surface area contributed by atoms with Crippen LogP contribution in [-0.2, 0) is 23.8 Å². The van der Waals surface area contributed by atoms with E-state index in [2.05, 4.69) is 5.32 Å². The number of carbonyl (C=O) groups is 3. The minimum Gasteiger partial charge on any atom is -0.444 e. The van der Waals surface area contributed by atoms with E-state index in [1.54, 1.807) is 20.8 Å². The second-order valence-electron chi connectivity index (χ2n) is 8.57. The molecule has 0 bridgehead atoms. The van der Waals surface area contributed by atoms with Gasteiger partial charge in [-0.3, -0.25) is 14.5 Å².